The molecule has 1 amide bonds. The topological polar surface area (TPSA) is 101 Å². The smallest absolute Gasteiger partial charge is 0.407 e. The first-order valence-corrected chi connectivity index (χ1v) is 16.1. The summed E-state index contributed by atoms with van der Waals surface area (Å²) in [5.74, 6) is 1.84. The van der Waals surface area contributed by atoms with Gasteiger partial charge in [-0.15, -0.1) is 0 Å². The highest BCUT2D eigenvalue weighted by molar-refractivity contribution is 7.99. The van der Waals surface area contributed by atoms with Gasteiger partial charge in [0.2, 0.25) is 0 Å². The summed E-state index contributed by atoms with van der Waals surface area (Å²) >= 11 is 1.61. The van der Waals surface area contributed by atoms with Crippen molar-refractivity contribution in [3.05, 3.63) is 30.6 Å². The molecule has 11 heteroatoms. The second kappa shape index (κ2) is 12.1. The molecule has 1 spiro atoms. The number of ether oxygens (including phenoxy) is 3. The lowest BCUT2D eigenvalue weighted by atomic mass is 9.73. The molecule has 6 rings (SSSR count). The molecular formula is C31H44N6O4S. The Morgan fingerprint density at radius 2 is 1.93 bits per heavy atom. The number of piperidine rings is 2. The summed E-state index contributed by atoms with van der Waals surface area (Å²) in [5.41, 5.74) is 0.548. The fourth-order valence-electron chi connectivity index (χ4n) is 6.78. The Hall–Kier alpha value is -2.76. The van der Waals surface area contributed by atoms with Crippen LogP contribution < -0.4 is 25.2 Å². The van der Waals surface area contributed by atoms with Crippen LogP contribution >= 0.6 is 11.8 Å². The normalized spacial score (nSPS) is 24.3. The highest BCUT2D eigenvalue weighted by Crippen LogP contribution is 2.45. The molecule has 5 heterocycles. The summed E-state index contributed by atoms with van der Waals surface area (Å²) in [5, 5.41) is 7.45. The van der Waals surface area contributed by atoms with Crippen LogP contribution in [0.5, 0.6) is 5.75 Å². The summed E-state index contributed by atoms with van der Waals surface area (Å²) in [4.78, 5) is 28.0. The maximum Gasteiger partial charge on any atom is 0.407 e. The average molecular weight is 597 g/mol. The molecular weight excluding hydrogens is 552 g/mol. The maximum absolute atomic E-state index is 12.6. The van der Waals surface area contributed by atoms with E-state index in [9.17, 15) is 4.79 Å². The van der Waals surface area contributed by atoms with Crippen LogP contribution in [0.2, 0.25) is 0 Å². The lowest BCUT2D eigenvalue weighted by molar-refractivity contribution is 0.0434. The van der Waals surface area contributed by atoms with Gasteiger partial charge in [-0.2, -0.15) is 0 Å². The summed E-state index contributed by atoms with van der Waals surface area (Å²) in [6, 6.07) is 6.89. The summed E-state index contributed by atoms with van der Waals surface area (Å²) in [6.07, 6.45) is 7.43. The van der Waals surface area contributed by atoms with Gasteiger partial charge in [0.05, 0.1) is 48.3 Å². The van der Waals surface area contributed by atoms with Crippen LogP contribution in [0, 0.1) is 5.41 Å². The molecule has 10 nitrogen and oxygen atoms in total. The second-order valence-corrected chi connectivity index (χ2v) is 14.0. The molecule has 4 aliphatic rings. The number of nitrogens with zero attached hydrogens (tertiary/aromatic N) is 4. The lowest BCUT2D eigenvalue weighted by Gasteiger charge is -2.42. The Labute approximate surface area is 253 Å². The van der Waals surface area contributed by atoms with E-state index in [1.54, 1.807) is 11.8 Å². The van der Waals surface area contributed by atoms with E-state index in [1.807, 2.05) is 40.1 Å². The van der Waals surface area contributed by atoms with E-state index in [0.717, 1.165) is 79.9 Å². The molecule has 4 aliphatic heterocycles. The van der Waals surface area contributed by atoms with Crippen LogP contribution in [-0.2, 0) is 9.47 Å². The Kier molecular flexibility index (Phi) is 8.44. The van der Waals surface area contributed by atoms with Gasteiger partial charge in [0.25, 0.3) is 0 Å². The Morgan fingerprint density at radius 1 is 1.14 bits per heavy atom. The third-order valence-corrected chi connectivity index (χ3v) is 9.90. The Balaban J connectivity index is 1.09. The largest absolute Gasteiger partial charge is 0.488 e. The third kappa shape index (κ3) is 6.28. The number of alkyl carbamates (subject to hydrolysis) is 1. The van der Waals surface area contributed by atoms with Crippen molar-refractivity contribution in [2.24, 2.45) is 5.41 Å². The van der Waals surface area contributed by atoms with Crippen molar-refractivity contribution in [3.8, 4) is 5.75 Å². The van der Waals surface area contributed by atoms with Crippen LogP contribution in [0.25, 0.3) is 0 Å². The Morgan fingerprint density at radius 3 is 2.64 bits per heavy atom. The van der Waals surface area contributed by atoms with Crippen LogP contribution in [0.3, 0.4) is 0 Å². The van der Waals surface area contributed by atoms with Gasteiger partial charge < -0.3 is 34.6 Å². The van der Waals surface area contributed by atoms with Gasteiger partial charge in [-0.3, -0.25) is 0 Å². The van der Waals surface area contributed by atoms with Crippen molar-refractivity contribution in [1.82, 2.24) is 20.6 Å². The van der Waals surface area contributed by atoms with E-state index in [1.165, 1.54) is 5.69 Å². The fraction of sp³-hybridized carbons (Fsp3) is 0.645. The van der Waals surface area contributed by atoms with Crippen molar-refractivity contribution < 1.29 is 19.0 Å². The first-order valence-electron chi connectivity index (χ1n) is 15.3. The predicted octanol–water partition coefficient (Wildman–Crippen LogP) is 4.48. The number of aromatic nitrogens is 2. The van der Waals surface area contributed by atoms with E-state index >= 15 is 0 Å². The van der Waals surface area contributed by atoms with Crippen LogP contribution in [0.4, 0.5) is 16.3 Å². The second-order valence-electron chi connectivity index (χ2n) is 12.9. The van der Waals surface area contributed by atoms with Gasteiger partial charge in [0.15, 0.2) is 5.75 Å². The number of hydrogen-bond acceptors (Lipinski definition) is 10. The monoisotopic (exact) mass is 596 g/mol. The molecule has 2 N–H and O–H groups in total. The maximum atomic E-state index is 12.6. The molecule has 228 valence electrons. The zero-order chi connectivity index (χ0) is 29.3. The minimum atomic E-state index is -0.535. The fourth-order valence-corrected chi connectivity index (χ4v) is 7.62. The number of hydrogen-bond donors (Lipinski definition) is 2. The standard InChI is InChI=1S/C31H44N6O4S/c1-21-28(35-29(38)41-30(2,3)4)31(20-40-21)10-14-36(15-11-31)25-18-34-26(19-33-25)42-24-7-5-6-23-27(24)39-17-16-37(23)22-8-12-32-13-9-22/h5-7,18-19,21-22,28,32H,8-17,20H2,1-4H3,(H,35,38)/t21-,28+/m0/s1. The van der Waals surface area contributed by atoms with E-state index in [0.29, 0.717) is 19.3 Å². The van der Waals surface area contributed by atoms with Crippen LogP contribution in [0.15, 0.2) is 40.5 Å². The SMILES string of the molecule is C[C@@H]1OCC2(CCN(c3cnc(Sc4cccc5c4OCCN5C4CCNCC4)cn3)CC2)[C@@H]1NC(=O)OC(C)(C)C. The lowest BCUT2D eigenvalue weighted by Crippen LogP contribution is -2.55. The van der Waals surface area contributed by atoms with Gasteiger partial charge in [-0.05, 0) is 78.6 Å². The molecule has 3 fully saturated rings. The highest BCUT2D eigenvalue weighted by atomic mass is 32.2. The first kappa shape index (κ1) is 29.3. The number of para-hydroxylation sites is 1. The summed E-state index contributed by atoms with van der Waals surface area (Å²) in [7, 11) is 0. The van der Waals surface area contributed by atoms with Gasteiger partial charge >= 0.3 is 6.09 Å². The minimum Gasteiger partial charge on any atom is -0.488 e. The molecule has 0 unspecified atom stereocenters. The Bertz CT molecular complexity index is 1240. The van der Waals surface area contributed by atoms with E-state index in [-0.39, 0.29) is 23.7 Å². The zero-order valence-electron chi connectivity index (χ0n) is 25.2. The molecule has 3 saturated heterocycles. The number of nitrogens with one attached hydrogen (secondary N) is 2. The first-order chi connectivity index (χ1) is 20.2. The molecule has 0 bridgehead atoms. The molecule has 1 aromatic heterocycles. The molecule has 2 aromatic rings. The van der Waals surface area contributed by atoms with Crippen molar-refractivity contribution in [2.45, 2.75) is 87.1 Å². The number of anilines is 2. The number of rotatable bonds is 5. The van der Waals surface area contributed by atoms with Gasteiger partial charge in [-0.25, -0.2) is 14.8 Å². The highest BCUT2D eigenvalue weighted by Gasteiger charge is 2.50. The van der Waals surface area contributed by atoms with Crippen LogP contribution in [-0.4, -0.2) is 85.8 Å². The molecule has 1 aromatic carbocycles. The number of amides is 1. The van der Waals surface area contributed by atoms with E-state index < -0.39 is 5.60 Å². The zero-order valence-corrected chi connectivity index (χ0v) is 26.0. The van der Waals surface area contributed by atoms with Gasteiger partial charge in [-0.1, -0.05) is 17.8 Å². The molecule has 42 heavy (non-hydrogen) atoms. The molecule has 0 saturated carbocycles. The summed E-state index contributed by atoms with van der Waals surface area (Å²) in [6.45, 7) is 13.8. The minimum absolute atomic E-state index is 0.0559. The number of carbonyl (C=O) groups excluding carboxylic acids is 1. The van der Waals surface area contributed by atoms with Gasteiger partial charge in [0, 0.05) is 24.5 Å². The molecule has 0 radical (unpaired) electrons. The number of fused-ring (bicyclic) bond motifs is 1. The van der Waals surface area contributed by atoms with Gasteiger partial charge in [0.1, 0.15) is 23.1 Å². The number of benzene rings is 1. The van der Waals surface area contributed by atoms with Crippen LogP contribution in [0.1, 0.15) is 53.4 Å². The third-order valence-electron chi connectivity index (χ3n) is 8.94. The predicted molar refractivity (Wildman–Crippen MR) is 164 cm³/mol. The van der Waals surface area contributed by atoms with E-state index in [2.05, 4.69) is 38.6 Å². The van der Waals surface area contributed by atoms with E-state index in [4.69, 9.17) is 24.2 Å². The quantitative estimate of drug-likeness (QED) is 0.514. The molecule has 0 aliphatic carbocycles. The van der Waals surface area contributed by atoms with Crippen molar-refractivity contribution in [3.63, 3.8) is 0 Å². The van der Waals surface area contributed by atoms with Crippen molar-refractivity contribution in [2.75, 3.05) is 55.7 Å². The molecule has 2 atom stereocenters. The summed E-state index contributed by atoms with van der Waals surface area (Å²) < 4.78 is 17.8. The van der Waals surface area contributed by atoms with Crippen molar-refractivity contribution in [1.29, 1.82) is 0 Å². The van der Waals surface area contributed by atoms with Crippen molar-refractivity contribution >= 4 is 29.4 Å². The number of carbonyl (C=O) groups is 1. The average Bonchev–Trinajstić information content (AvgIpc) is 3.27.